The van der Waals surface area contributed by atoms with E-state index in [9.17, 15) is 9.59 Å². The molecule has 1 aliphatic heterocycles. The Morgan fingerprint density at radius 1 is 1.35 bits per heavy atom. The smallest absolute Gasteiger partial charge is 0.251 e. The fraction of sp³-hybridized carbons (Fsp3) is 0.250. The fourth-order valence-corrected chi connectivity index (χ4v) is 2.61. The lowest BCUT2D eigenvalue weighted by Gasteiger charge is -2.20. The Bertz CT molecular complexity index is 920. The van der Waals surface area contributed by atoms with Crippen molar-refractivity contribution >= 4 is 24.3 Å². The van der Waals surface area contributed by atoms with E-state index in [-0.39, 0.29) is 16.8 Å². The Morgan fingerprint density at radius 2 is 2.15 bits per heavy atom. The van der Waals surface area contributed by atoms with Gasteiger partial charge in [0.05, 0.1) is 19.7 Å². The van der Waals surface area contributed by atoms with E-state index >= 15 is 0 Å². The molecule has 1 aromatic heterocycles. The molecular weight excluding hydrogens is 360 g/mol. The predicted octanol–water partition coefficient (Wildman–Crippen LogP) is 0.905. The van der Waals surface area contributed by atoms with E-state index in [0.717, 1.165) is 0 Å². The van der Waals surface area contributed by atoms with E-state index in [2.05, 4.69) is 20.5 Å². The lowest BCUT2D eigenvalue weighted by molar-refractivity contribution is -0.120. The highest BCUT2D eigenvalue weighted by molar-refractivity contribution is 7.71. The van der Waals surface area contributed by atoms with Gasteiger partial charge in [-0.25, -0.2) is 5.43 Å². The van der Waals surface area contributed by atoms with Crippen LogP contribution in [-0.2, 0) is 11.2 Å². The Kier molecular flexibility index (Phi) is 5.32. The highest BCUT2D eigenvalue weighted by atomic mass is 32.1. The number of methoxy groups -OCH3 is 1. The number of amides is 1. The molecule has 9 nitrogen and oxygen atoms in total. The molecule has 136 valence electrons. The number of carbonyl (C=O) groups is 1. The number of benzene rings is 1. The van der Waals surface area contributed by atoms with Crippen LogP contribution in [-0.4, -0.2) is 42.4 Å². The van der Waals surface area contributed by atoms with Crippen molar-refractivity contribution in [2.45, 2.75) is 6.42 Å². The van der Waals surface area contributed by atoms with Crippen LogP contribution in [0.4, 0.5) is 0 Å². The van der Waals surface area contributed by atoms with Crippen LogP contribution in [0.3, 0.4) is 0 Å². The number of nitrogens with one attached hydrogen (secondary N) is 3. The minimum absolute atomic E-state index is 0.0602. The van der Waals surface area contributed by atoms with Crippen molar-refractivity contribution in [3.63, 3.8) is 0 Å². The number of aromatic amines is 2. The highest BCUT2D eigenvalue weighted by Gasteiger charge is 2.17. The third-order valence-electron chi connectivity index (χ3n) is 3.42. The van der Waals surface area contributed by atoms with Gasteiger partial charge in [-0.05, 0) is 24.4 Å². The minimum atomic E-state index is -0.401. The van der Waals surface area contributed by atoms with E-state index in [0.29, 0.717) is 41.7 Å². The molecule has 0 radical (unpaired) electrons. The molecule has 0 bridgehead atoms. The van der Waals surface area contributed by atoms with E-state index in [1.807, 2.05) is 0 Å². The SMILES string of the molecule is COc1cc(/C=N\NC(=O)Cc2cc(=O)[nH]c(=S)[nH]2)cc2c1OCCO2. The minimum Gasteiger partial charge on any atom is -0.493 e. The molecule has 0 saturated heterocycles. The second-order valence-electron chi connectivity index (χ2n) is 5.33. The van der Waals surface area contributed by atoms with Crippen molar-refractivity contribution in [2.75, 3.05) is 20.3 Å². The van der Waals surface area contributed by atoms with Crippen LogP contribution in [0.2, 0.25) is 0 Å². The quantitative estimate of drug-likeness (QED) is 0.405. The van der Waals surface area contributed by atoms with Crippen LogP contribution < -0.4 is 25.2 Å². The monoisotopic (exact) mass is 376 g/mol. The van der Waals surface area contributed by atoms with Crippen molar-refractivity contribution < 1.29 is 19.0 Å². The molecule has 26 heavy (non-hydrogen) atoms. The maximum absolute atomic E-state index is 11.9. The van der Waals surface area contributed by atoms with E-state index in [4.69, 9.17) is 26.4 Å². The van der Waals surface area contributed by atoms with Crippen molar-refractivity contribution in [3.8, 4) is 17.2 Å². The summed E-state index contributed by atoms with van der Waals surface area (Å²) in [4.78, 5) is 28.4. The Balaban J connectivity index is 1.67. The third-order valence-corrected chi connectivity index (χ3v) is 3.62. The summed E-state index contributed by atoms with van der Waals surface area (Å²) < 4.78 is 16.5. The second-order valence-corrected chi connectivity index (χ2v) is 5.74. The first kappa shape index (κ1) is 17.7. The summed E-state index contributed by atoms with van der Waals surface area (Å²) in [6.45, 7) is 0.906. The summed E-state index contributed by atoms with van der Waals surface area (Å²) in [5.74, 6) is 1.22. The number of H-pyrrole nitrogens is 2. The lowest BCUT2D eigenvalue weighted by atomic mass is 10.2. The molecule has 2 aromatic rings. The number of carbonyl (C=O) groups excluding carboxylic acids is 1. The maximum Gasteiger partial charge on any atom is 0.251 e. The fourth-order valence-electron chi connectivity index (χ4n) is 2.37. The Hall–Kier alpha value is -3.14. The van der Waals surface area contributed by atoms with Gasteiger partial charge >= 0.3 is 0 Å². The van der Waals surface area contributed by atoms with Crippen molar-refractivity contribution in [3.05, 3.63) is 44.6 Å². The van der Waals surface area contributed by atoms with Crippen LogP contribution in [0.15, 0.2) is 28.1 Å². The molecule has 1 amide bonds. The van der Waals surface area contributed by atoms with Crippen LogP contribution in [0.5, 0.6) is 17.2 Å². The standard InChI is InChI=1S/C16H16N4O5S/c1-23-11-4-9(5-12-15(11)25-3-2-24-12)8-17-20-14(22)7-10-6-13(21)19-16(26)18-10/h4-6,8H,2-3,7H2,1H3,(H,20,22)(H2,18,19,21,26)/b17-8-. The molecule has 0 unspecified atom stereocenters. The van der Waals surface area contributed by atoms with Crippen molar-refractivity contribution in [1.82, 2.24) is 15.4 Å². The van der Waals surface area contributed by atoms with Crippen molar-refractivity contribution in [1.29, 1.82) is 0 Å². The molecule has 2 heterocycles. The summed E-state index contributed by atoms with van der Waals surface area (Å²) in [5.41, 5.74) is 3.08. The Labute approximate surface area is 153 Å². The number of nitrogens with zero attached hydrogens (tertiary/aromatic N) is 1. The lowest BCUT2D eigenvalue weighted by Crippen LogP contribution is -2.22. The van der Waals surface area contributed by atoms with Gasteiger partial charge in [-0.2, -0.15) is 5.10 Å². The van der Waals surface area contributed by atoms with E-state index < -0.39 is 5.91 Å². The molecule has 3 rings (SSSR count). The molecule has 0 saturated carbocycles. The molecule has 10 heteroatoms. The first-order chi connectivity index (χ1) is 12.5. The normalized spacial score (nSPS) is 12.8. The van der Waals surface area contributed by atoms with Gasteiger partial charge in [0, 0.05) is 17.3 Å². The maximum atomic E-state index is 11.9. The number of hydrazone groups is 1. The van der Waals surface area contributed by atoms with Crippen LogP contribution in [0, 0.1) is 4.77 Å². The summed E-state index contributed by atoms with van der Waals surface area (Å²) in [7, 11) is 1.53. The zero-order valence-electron chi connectivity index (χ0n) is 13.8. The molecule has 0 aliphatic carbocycles. The van der Waals surface area contributed by atoms with Gasteiger partial charge in [0.1, 0.15) is 13.2 Å². The number of aromatic nitrogens is 2. The van der Waals surface area contributed by atoms with Crippen LogP contribution in [0.25, 0.3) is 0 Å². The molecular formula is C16H16N4O5S. The zero-order valence-corrected chi connectivity index (χ0v) is 14.6. The number of rotatable bonds is 5. The molecule has 0 fully saturated rings. The summed E-state index contributed by atoms with van der Waals surface area (Å²) >= 11 is 4.86. The van der Waals surface area contributed by atoms with Gasteiger partial charge < -0.3 is 19.2 Å². The zero-order chi connectivity index (χ0) is 18.5. The number of ether oxygens (including phenoxy) is 3. The average molecular weight is 376 g/mol. The van der Waals surface area contributed by atoms with E-state index in [1.54, 1.807) is 12.1 Å². The predicted molar refractivity (Wildman–Crippen MR) is 95.7 cm³/mol. The summed E-state index contributed by atoms with van der Waals surface area (Å²) in [6, 6.07) is 4.72. The Morgan fingerprint density at radius 3 is 2.92 bits per heavy atom. The third kappa shape index (κ3) is 4.28. The molecule has 1 aliphatic rings. The average Bonchev–Trinajstić information content (AvgIpc) is 2.60. The second kappa shape index (κ2) is 7.83. The van der Waals surface area contributed by atoms with Crippen molar-refractivity contribution in [2.24, 2.45) is 5.10 Å². The first-order valence-electron chi connectivity index (χ1n) is 7.67. The number of hydrogen-bond acceptors (Lipinski definition) is 7. The molecule has 0 atom stereocenters. The molecule has 1 aromatic carbocycles. The van der Waals surface area contributed by atoms with Gasteiger partial charge in [-0.1, -0.05) is 0 Å². The van der Waals surface area contributed by atoms with Gasteiger partial charge in [0.25, 0.3) is 5.56 Å². The van der Waals surface area contributed by atoms with Gasteiger partial charge in [0.2, 0.25) is 11.7 Å². The van der Waals surface area contributed by atoms with Crippen LogP contribution in [0.1, 0.15) is 11.3 Å². The first-order valence-corrected chi connectivity index (χ1v) is 8.08. The number of hydrogen-bond donors (Lipinski definition) is 3. The molecule has 0 spiro atoms. The summed E-state index contributed by atoms with van der Waals surface area (Å²) in [5, 5.41) is 3.90. The largest absolute Gasteiger partial charge is 0.493 e. The van der Waals surface area contributed by atoms with E-state index in [1.165, 1.54) is 19.4 Å². The van der Waals surface area contributed by atoms with Gasteiger partial charge in [0.15, 0.2) is 16.3 Å². The van der Waals surface area contributed by atoms with Gasteiger partial charge in [-0.15, -0.1) is 0 Å². The topological polar surface area (TPSA) is 118 Å². The number of fused-ring (bicyclic) bond motifs is 1. The molecule has 3 N–H and O–H groups in total. The summed E-state index contributed by atoms with van der Waals surface area (Å²) in [6.07, 6.45) is 1.40. The highest BCUT2D eigenvalue weighted by Crippen LogP contribution is 2.39. The van der Waals surface area contributed by atoms with Gasteiger partial charge in [-0.3, -0.25) is 14.6 Å². The van der Waals surface area contributed by atoms with Crippen LogP contribution >= 0.6 is 12.2 Å².